The number of pyridine rings is 1. The van der Waals surface area contributed by atoms with Crippen molar-refractivity contribution in [3.05, 3.63) is 17.8 Å². The number of nitrogens with one attached hydrogen (secondary N) is 1. The van der Waals surface area contributed by atoms with Gasteiger partial charge in [0.05, 0.1) is 5.69 Å². The highest BCUT2D eigenvalue weighted by Crippen LogP contribution is 2.21. The maximum absolute atomic E-state index is 8.90. The summed E-state index contributed by atoms with van der Waals surface area (Å²) in [5.41, 5.74) is 7.31. The van der Waals surface area contributed by atoms with E-state index < -0.39 is 0 Å². The Kier molecular flexibility index (Phi) is 3.52. The predicted octanol–water partition coefficient (Wildman–Crippen LogP) is 1.55. The number of nitrogens with zero attached hydrogens (tertiary/aromatic N) is 1. The van der Waals surface area contributed by atoms with Gasteiger partial charge in [-0.3, -0.25) is 0 Å². The molecule has 0 amide bonds. The number of aromatic nitrogens is 1. The van der Waals surface area contributed by atoms with Gasteiger partial charge in [-0.05, 0) is 38.8 Å². The van der Waals surface area contributed by atoms with E-state index in [1.807, 2.05) is 26.8 Å². The van der Waals surface area contributed by atoms with E-state index in [1.165, 1.54) is 0 Å². The molecule has 1 rings (SSSR count). The van der Waals surface area contributed by atoms with Crippen LogP contribution in [0, 0.1) is 6.92 Å². The summed E-state index contributed by atoms with van der Waals surface area (Å²) in [5.74, 6) is 0.680. The minimum Gasteiger partial charge on any atom is -0.396 e. The van der Waals surface area contributed by atoms with E-state index >= 15 is 0 Å². The fourth-order valence-corrected chi connectivity index (χ4v) is 1.36. The third-order valence-electron chi connectivity index (χ3n) is 2.25. The largest absolute Gasteiger partial charge is 0.396 e. The Morgan fingerprint density at radius 1 is 1.53 bits per heavy atom. The molecule has 4 N–H and O–H groups in total. The molecular weight excluding hydrogens is 190 g/mol. The third-order valence-corrected chi connectivity index (χ3v) is 2.25. The zero-order valence-corrected chi connectivity index (χ0v) is 9.54. The molecule has 0 radical (unpaired) electrons. The normalized spacial score (nSPS) is 11.5. The van der Waals surface area contributed by atoms with Crippen molar-refractivity contribution in [2.24, 2.45) is 0 Å². The van der Waals surface area contributed by atoms with Gasteiger partial charge in [0.25, 0.3) is 0 Å². The zero-order valence-electron chi connectivity index (χ0n) is 9.54. The van der Waals surface area contributed by atoms with Crippen LogP contribution in [-0.4, -0.2) is 22.2 Å². The number of hydrogen-bond acceptors (Lipinski definition) is 4. The second-order valence-corrected chi connectivity index (χ2v) is 4.43. The van der Waals surface area contributed by atoms with Crippen LogP contribution in [-0.2, 0) is 0 Å². The molecule has 0 aliphatic heterocycles. The zero-order chi connectivity index (χ0) is 11.5. The van der Waals surface area contributed by atoms with E-state index in [-0.39, 0.29) is 12.1 Å². The average Bonchev–Trinajstić information content (AvgIpc) is 2.09. The number of aliphatic hydroxyl groups is 1. The Labute approximate surface area is 90.5 Å². The van der Waals surface area contributed by atoms with Gasteiger partial charge >= 0.3 is 0 Å². The first-order valence-corrected chi connectivity index (χ1v) is 5.06. The molecule has 0 atom stereocenters. The number of aryl methyl sites for hydroxylation is 1. The van der Waals surface area contributed by atoms with Gasteiger partial charge in [-0.1, -0.05) is 0 Å². The van der Waals surface area contributed by atoms with Crippen LogP contribution in [0.1, 0.15) is 25.8 Å². The summed E-state index contributed by atoms with van der Waals surface area (Å²) >= 11 is 0. The van der Waals surface area contributed by atoms with Gasteiger partial charge in [-0.25, -0.2) is 4.98 Å². The van der Waals surface area contributed by atoms with Crippen LogP contribution in [0.15, 0.2) is 12.3 Å². The van der Waals surface area contributed by atoms with Crippen molar-refractivity contribution in [1.82, 2.24) is 4.98 Å². The first-order valence-electron chi connectivity index (χ1n) is 5.06. The number of hydrogen-bond donors (Lipinski definition) is 3. The molecule has 15 heavy (non-hydrogen) atoms. The van der Waals surface area contributed by atoms with Gasteiger partial charge in [0.15, 0.2) is 0 Å². The summed E-state index contributed by atoms with van der Waals surface area (Å²) in [4.78, 5) is 4.23. The molecule has 1 aromatic heterocycles. The van der Waals surface area contributed by atoms with E-state index in [0.717, 1.165) is 5.56 Å². The van der Waals surface area contributed by atoms with Crippen LogP contribution < -0.4 is 11.1 Å². The Bertz CT molecular complexity index is 337. The molecule has 84 valence electrons. The van der Waals surface area contributed by atoms with Gasteiger partial charge in [-0.2, -0.15) is 0 Å². The highest BCUT2D eigenvalue weighted by atomic mass is 16.3. The molecule has 0 bridgehead atoms. The van der Waals surface area contributed by atoms with Gasteiger partial charge in [0.2, 0.25) is 0 Å². The van der Waals surface area contributed by atoms with E-state index in [0.29, 0.717) is 17.9 Å². The van der Waals surface area contributed by atoms with Gasteiger partial charge in [0.1, 0.15) is 5.82 Å². The summed E-state index contributed by atoms with van der Waals surface area (Å²) in [6.45, 7) is 6.10. The highest BCUT2D eigenvalue weighted by Gasteiger charge is 2.18. The topological polar surface area (TPSA) is 71.2 Å². The molecule has 0 spiro atoms. The first kappa shape index (κ1) is 11.8. The monoisotopic (exact) mass is 209 g/mol. The number of aliphatic hydroxyl groups excluding tert-OH is 1. The maximum Gasteiger partial charge on any atom is 0.149 e. The van der Waals surface area contributed by atoms with Crippen LogP contribution in [0.2, 0.25) is 0 Å². The van der Waals surface area contributed by atoms with Crippen molar-refractivity contribution < 1.29 is 5.11 Å². The van der Waals surface area contributed by atoms with Crippen molar-refractivity contribution in [3.8, 4) is 0 Å². The van der Waals surface area contributed by atoms with Gasteiger partial charge < -0.3 is 16.2 Å². The molecule has 4 nitrogen and oxygen atoms in total. The van der Waals surface area contributed by atoms with Crippen LogP contribution >= 0.6 is 0 Å². The lowest BCUT2D eigenvalue weighted by atomic mass is 10.0. The molecule has 1 heterocycles. The third kappa shape index (κ3) is 3.40. The first-order chi connectivity index (χ1) is 6.94. The Hall–Kier alpha value is -1.29. The standard InChI is InChI=1S/C11H19N3O/c1-8-6-9(12)10(13-7-8)14-11(2,3)4-5-15/h6-7,15H,4-5,12H2,1-3H3,(H,13,14). The molecule has 0 aliphatic carbocycles. The number of nitrogen functional groups attached to an aromatic ring is 1. The second-order valence-electron chi connectivity index (χ2n) is 4.43. The summed E-state index contributed by atoms with van der Waals surface area (Å²) in [7, 11) is 0. The quantitative estimate of drug-likeness (QED) is 0.703. The van der Waals surface area contributed by atoms with E-state index in [1.54, 1.807) is 6.20 Å². The molecule has 4 heteroatoms. The van der Waals surface area contributed by atoms with Crippen LogP contribution in [0.3, 0.4) is 0 Å². The van der Waals surface area contributed by atoms with Crippen LogP contribution in [0.4, 0.5) is 11.5 Å². The minimum absolute atomic E-state index is 0.145. The fraction of sp³-hybridized carbons (Fsp3) is 0.545. The fourth-order valence-electron chi connectivity index (χ4n) is 1.36. The summed E-state index contributed by atoms with van der Waals surface area (Å²) < 4.78 is 0. The molecule has 0 aliphatic rings. The van der Waals surface area contributed by atoms with Crippen LogP contribution in [0.5, 0.6) is 0 Å². The number of nitrogens with two attached hydrogens (primary N) is 1. The summed E-state index contributed by atoms with van der Waals surface area (Å²) in [6.07, 6.45) is 2.43. The van der Waals surface area contributed by atoms with Crippen molar-refractivity contribution >= 4 is 11.5 Å². The lowest BCUT2D eigenvalue weighted by Gasteiger charge is -2.26. The van der Waals surface area contributed by atoms with Crippen molar-refractivity contribution in [2.45, 2.75) is 32.7 Å². The molecule has 0 fully saturated rings. The molecule has 0 saturated heterocycles. The Balaban J connectivity index is 2.80. The second kappa shape index (κ2) is 4.49. The summed E-state index contributed by atoms with van der Waals surface area (Å²) in [5, 5.41) is 12.1. The molecule has 0 saturated carbocycles. The lowest BCUT2D eigenvalue weighted by molar-refractivity contribution is 0.260. The molecule has 0 unspecified atom stereocenters. The molecular formula is C11H19N3O. The average molecular weight is 209 g/mol. The molecule has 0 aromatic carbocycles. The number of rotatable bonds is 4. The Morgan fingerprint density at radius 3 is 2.73 bits per heavy atom. The predicted molar refractivity (Wildman–Crippen MR) is 62.8 cm³/mol. The number of anilines is 2. The Morgan fingerprint density at radius 2 is 2.20 bits per heavy atom. The minimum atomic E-state index is -0.203. The SMILES string of the molecule is Cc1cnc(NC(C)(C)CCO)c(N)c1. The van der Waals surface area contributed by atoms with E-state index in [9.17, 15) is 0 Å². The van der Waals surface area contributed by atoms with Crippen molar-refractivity contribution in [2.75, 3.05) is 17.7 Å². The lowest BCUT2D eigenvalue weighted by Crippen LogP contribution is -2.32. The van der Waals surface area contributed by atoms with Crippen molar-refractivity contribution in [1.29, 1.82) is 0 Å². The van der Waals surface area contributed by atoms with Crippen molar-refractivity contribution in [3.63, 3.8) is 0 Å². The van der Waals surface area contributed by atoms with Gasteiger partial charge in [0, 0.05) is 18.3 Å². The molecule has 1 aromatic rings. The van der Waals surface area contributed by atoms with E-state index in [2.05, 4.69) is 10.3 Å². The highest BCUT2D eigenvalue weighted by molar-refractivity contribution is 5.62. The summed E-state index contributed by atoms with van der Waals surface area (Å²) in [6, 6.07) is 1.88. The smallest absolute Gasteiger partial charge is 0.149 e. The van der Waals surface area contributed by atoms with Gasteiger partial charge in [-0.15, -0.1) is 0 Å². The maximum atomic E-state index is 8.90. The van der Waals surface area contributed by atoms with Crippen LogP contribution in [0.25, 0.3) is 0 Å². The van der Waals surface area contributed by atoms with E-state index in [4.69, 9.17) is 10.8 Å².